The van der Waals surface area contributed by atoms with Crippen LogP contribution in [0.25, 0.3) is 10.9 Å². The summed E-state index contributed by atoms with van der Waals surface area (Å²) in [5, 5.41) is 5.32. The number of rotatable bonds is 5. The Bertz CT molecular complexity index is 787. The van der Waals surface area contributed by atoms with Crippen molar-refractivity contribution in [3.8, 4) is 0 Å². The molecule has 2 heterocycles. The van der Waals surface area contributed by atoms with Gasteiger partial charge in [0.05, 0.1) is 12.2 Å². The molecule has 0 atom stereocenters. The molecule has 5 heteroatoms. The lowest BCUT2D eigenvalue weighted by atomic mass is 10.1. The number of H-pyrrole nitrogens is 1. The van der Waals surface area contributed by atoms with Crippen LogP contribution in [0.2, 0.25) is 0 Å². The van der Waals surface area contributed by atoms with Gasteiger partial charge in [0, 0.05) is 43.8 Å². The summed E-state index contributed by atoms with van der Waals surface area (Å²) in [7, 11) is 3.73. The maximum atomic E-state index is 12.3. The van der Waals surface area contributed by atoms with Crippen molar-refractivity contribution in [3.05, 3.63) is 54.0 Å². The lowest BCUT2D eigenvalue weighted by molar-refractivity contribution is -0.130. The molecule has 3 rings (SSSR count). The van der Waals surface area contributed by atoms with Gasteiger partial charge in [-0.25, -0.2) is 0 Å². The quantitative estimate of drug-likeness (QED) is 0.786. The molecule has 5 nitrogen and oxygen atoms in total. The molecule has 0 spiro atoms. The van der Waals surface area contributed by atoms with E-state index in [-0.39, 0.29) is 5.91 Å². The Labute approximate surface area is 129 Å². The smallest absolute Gasteiger partial charge is 0.222 e. The fraction of sp³-hybridized carbons (Fsp3) is 0.294. The molecule has 1 amide bonds. The number of nitrogens with zero attached hydrogens (tertiary/aromatic N) is 3. The number of fused-ring (bicyclic) bond motifs is 1. The Morgan fingerprint density at radius 1 is 1.32 bits per heavy atom. The number of hydrogen-bond donors (Lipinski definition) is 1. The largest absolute Gasteiger partial charge is 0.361 e. The molecule has 2 aromatic heterocycles. The van der Waals surface area contributed by atoms with Crippen molar-refractivity contribution in [3.63, 3.8) is 0 Å². The summed E-state index contributed by atoms with van der Waals surface area (Å²) in [6, 6.07) is 10.1. The van der Waals surface area contributed by atoms with Gasteiger partial charge in [0.1, 0.15) is 0 Å². The molecule has 0 bridgehead atoms. The third kappa shape index (κ3) is 2.88. The van der Waals surface area contributed by atoms with Crippen molar-refractivity contribution in [1.29, 1.82) is 0 Å². The Morgan fingerprint density at radius 2 is 2.14 bits per heavy atom. The van der Waals surface area contributed by atoms with E-state index in [4.69, 9.17) is 0 Å². The van der Waals surface area contributed by atoms with E-state index in [9.17, 15) is 4.79 Å². The van der Waals surface area contributed by atoms with Gasteiger partial charge in [0.25, 0.3) is 0 Å². The van der Waals surface area contributed by atoms with E-state index in [0.717, 1.165) is 17.6 Å². The summed E-state index contributed by atoms with van der Waals surface area (Å²) in [6.07, 6.45) is 5.01. The molecule has 1 N–H and O–H groups in total. The van der Waals surface area contributed by atoms with E-state index >= 15 is 0 Å². The van der Waals surface area contributed by atoms with E-state index in [2.05, 4.69) is 22.2 Å². The lowest BCUT2D eigenvalue weighted by Gasteiger charge is -2.17. The summed E-state index contributed by atoms with van der Waals surface area (Å²) in [5.74, 6) is 0.145. The highest BCUT2D eigenvalue weighted by Gasteiger charge is 2.12. The average molecular weight is 296 g/mol. The van der Waals surface area contributed by atoms with Gasteiger partial charge in [0.2, 0.25) is 5.91 Å². The molecule has 0 aliphatic carbocycles. The van der Waals surface area contributed by atoms with Gasteiger partial charge in [-0.3, -0.25) is 9.48 Å². The number of hydrogen-bond acceptors (Lipinski definition) is 2. The monoisotopic (exact) mass is 296 g/mol. The van der Waals surface area contributed by atoms with Crippen LogP contribution in [0.1, 0.15) is 17.7 Å². The van der Waals surface area contributed by atoms with Gasteiger partial charge in [-0.15, -0.1) is 0 Å². The molecule has 0 aliphatic rings. The normalized spacial score (nSPS) is 11.0. The van der Waals surface area contributed by atoms with E-state index in [1.807, 2.05) is 38.5 Å². The zero-order chi connectivity index (χ0) is 15.5. The predicted octanol–water partition coefficient (Wildman–Crippen LogP) is 2.49. The number of amides is 1. The number of benzene rings is 1. The summed E-state index contributed by atoms with van der Waals surface area (Å²) in [6.45, 7) is 0.587. The topological polar surface area (TPSA) is 53.9 Å². The minimum absolute atomic E-state index is 0.145. The number of aromatic amines is 1. The van der Waals surface area contributed by atoms with Crippen LogP contribution in [-0.4, -0.2) is 32.6 Å². The second-order valence-electron chi connectivity index (χ2n) is 5.56. The summed E-state index contributed by atoms with van der Waals surface area (Å²) >= 11 is 0. The third-order valence-corrected chi connectivity index (χ3v) is 4.03. The molecule has 0 saturated carbocycles. The molecule has 114 valence electrons. The number of carbonyl (C=O) groups excluding carboxylic acids is 1. The van der Waals surface area contributed by atoms with E-state index < -0.39 is 0 Å². The summed E-state index contributed by atoms with van der Waals surface area (Å²) in [4.78, 5) is 17.3. The van der Waals surface area contributed by atoms with Crippen LogP contribution in [0.5, 0.6) is 0 Å². The first-order valence-corrected chi connectivity index (χ1v) is 7.41. The van der Waals surface area contributed by atoms with Crippen LogP contribution in [0.3, 0.4) is 0 Å². The second-order valence-corrected chi connectivity index (χ2v) is 5.56. The molecule has 0 saturated heterocycles. The molecule has 1 aromatic carbocycles. The molecule has 0 unspecified atom stereocenters. The highest BCUT2D eigenvalue weighted by molar-refractivity contribution is 5.84. The fourth-order valence-electron chi connectivity index (χ4n) is 2.66. The van der Waals surface area contributed by atoms with E-state index in [1.54, 1.807) is 15.8 Å². The van der Waals surface area contributed by atoms with Crippen LogP contribution in [0.4, 0.5) is 0 Å². The summed E-state index contributed by atoms with van der Waals surface area (Å²) < 4.78 is 1.80. The molecular formula is C17H20N4O. The van der Waals surface area contributed by atoms with Gasteiger partial charge in [-0.2, -0.15) is 5.10 Å². The highest BCUT2D eigenvalue weighted by atomic mass is 16.2. The highest BCUT2D eigenvalue weighted by Crippen LogP contribution is 2.19. The first-order valence-electron chi connectivity index (χ1n) is 7.41. The van der Waals surface area contributed by atoms with Crippen LogP contribution >= 0.6 is 0 Å². The first kappa shape index (κ1) is 14.4. The van der Waals surface area contributed by atoms with Gasteiger partial charge in [0.15, 0.2) is 0 Å². The number of nitrogens with one attached hydrogen (secondary N) is 1. The van der Waals surface area contributed by atoms with Crippen molar-refractivity contribution in [1.82, 2.24) is 19.7 Å². The predicted molar refractivity (Wildman–Crippen MR) is 86.3 cm³/mol. The lowest BCUT2D eigenvalue weighted by Crippen LogP contribution is -2.27. The zero-order valence-electron chi connectivity index (χ0n) is 12.9. The van der Waals surface area contributed by atoms with Crippen molar-refractivity contribution < 1.29 is 4.79 Å². The van der Waals surface area contributed by atoms with Crippen molar-refractivity contribution in [2.75, 3.05) is 7.05 Å². The summed E-state index contributed by atoms with van der Waals surface area (Å²) in [5.41, 5.74) is 3.34. The van der Waals surface area contributed by atoms with E-state index in [0.29, 0.717) is 13.0 Å². The third-order valence-electron chi connectivity index (χ3n) is 4.03. The molecule has 0 radical (unpaired) electrons. The number of para-hydroxylation sites is 1. The van der Waals surface area contributed by atoms with Gasteiger partial charge < -0.3 is 9.88 Å². The van der Waals surface area contributed by atoms with Gasteiger partial charge in [-0.1, -0.05) is 18.2 Å². The fourth-order valence-corrected chi connectivity index (χ4v) is 2.66. The zero-order valence-corrected chi connectivity index (χ0v) is 12.9. The van der Waals surface area contributed by atoms with Crippen LogP contribution < -0.4 is 0 Å². The molecule has 0 fully saturated rings. The van der Waals surface area contributed by atoms with Crippen LogP contribution in [0.15, 0.2) is 42.7 Å². The van der Waals surface area contributed by atoms with Crippen LogP contribution in [0, 0.1) is 0 Å². The number of aromatic nitrogens is 3. The van der Waals surface area contributed by atoms with Gasteiger partial charge >= 0.3 is 0 Å². The van der Waals surface area contributed by atoms with Crippen molar-refractivity contribution in [2.45, 2.75) is 19.4 Å². The van der Waals surface area contributed by atoms with Crippen molar-refractivity contribution in [2.24, 2.45) is 7.05 Å². The standard InChI is InChI=1S/C17H20N4O/c1-20(12-14-9-10-19-21(14)2)17(22)8-7-13-11-18-16-6-4-3-5-15(13)16/h3-6,9-11,18H,7-8,12H2,1-2H3. The molecule has 3 aromatic rings. The first-order chi connectivity index (χ1) is 10.6. The number of aryl methyl sites for hydroxylation is 2. The van der Waals surface area contributed by atoms with Crippen LogP contribution in [-0.2, 0) is 24.8 Å². The molecule has 22 heavy (non-hydrogen) atoms. The Hall–Kier alpha value is -2.56. The minimum atomic E-state index is 0.145. The average Bonchev–Trinajstić information content (AvgIpc) is 3.11. The molecular weight excluding hydrogens is 276 g/mol. The Kier molecular flexibility index (Phi) is 3.96. The van der Waals surface area contributed by atoms with Gasteiger partial charge in [-0.05, 0) is 24.1 Å². The maximum Gasteiger partial charge on any atom is 0.222 e. The maximum absolute atomic E-state index is 12.3. The second kappa shape index (κ2) is 6.05. The minimum Gasteiger partial charge on any atom is -0.361 e. The molecule has 0 aliphatic heterocycles. The van der Waals surface area contributed by atoms with Crippen molar-refractivity contribution >= 4 is 16.8 Å². The SMILES string of the molecule is CN(Cc1ccnn1C)C(=O)CCc1c[nH]c2ccccc12. The Balaban J connectivity index is 1.61. The number of carbonyl (C=O) groups is 1. The Morgan fingerprint density at radius 3 is 2.91 bits per heavy atom. The van der Waals surface area contributed by atoms with E-state index in [1.165, 1.54) is 10.9 Å².